The third kappa shape index (κ3) is 4.22. The maximum Gasteiger partial charge on any atom is 0.193 e. The molecule has 112 valence electrons. The fourth-order valence-electron chi connectivity index (χ4n) is 3.10. The minimum atomic E-state index is 0.696. The third-order valence-corrected chi connectivity index (χ3v) is 3.89. The van der Waals surface area contributed by atoms with E-state index in [1.165, 1.54) is 6.42 Å². The molecule has 2 rings (SSSR count). The number of rotatable bonds is 2. The molecule has 1 aliphatic heterocycles. The summed E-state index contributed by atoms with van der Waals surface area (Å²) < 4.78 is 0. The number of benzene rings is 1. The van der Waals surface area contributed by atoms with E-state index in [1.807, 2.05) is 31.3 Å². The first-order chi connectivity index (χ1) is 10.1. The molecule has 2 unspecified atom stereocenters. The van der Waals surface area contributed by atoms with Gasteiger partial charge in [-0.2, -0.15) is 5.26 Å². The maximum absolute atomic E-state index is 8.95. The van der Waals surface area contributed by atoms with Crippen LogP contribution >= 0.6 is 0 Å². The molecule has 21 heavy (non-hydrogen) atoms. The van der Waals surface area contributed by atoms with Crippen molar-refractivity contribution in [1.82, 2.24) is 10.2 Å². The Kier molecular flexibility index (Phi) is 5.21. The number of hydrogen-bond acceptors (Lipinski definition) is 2. The van der Waals surface area contributed by atoms with E-state index < -0.39 is 0 Å². The Morgan fingerprint density at radius 2 is 2.10 bits per heavy atom. The fraction of sp³-hybridized carbons (Fsp3) is 0.529. The summed E-state index contributed by atoms with van der Waals surface area (Å²) in [5.74, 6) is 2.36. The zero-order valence-electron chi connectivity index (χ0n) is 13.1. The Bertz CT molecular complexity index is 534. The molecule has 0 bridgehead atoms. The van der Waals surface area contributed by atoms with Crippen molar-refractivity contribution in [2.24, 2.45) is 16.8 Å². The van der Waals surface area contributed by atoms with Crippen molar-refractivity contribution in [3.63, 3.8) is 0 Å². The van der Waals surface area contributed by atoms with Gasteiger partial charge in [-0.3, -0.25) is 4.99 Å². The van der Waals surface area contributed by atoms with Gasteiger partial charge in [-0.1, -0.05) is 26.0 Å². The summed E-state index contributed by atoms with van der Waals surface area (Å²) >= 11 is 0. The van der Waals surface area contributed by atoms with Gasteiger partial charge in [0.15, 0.2) is 5.96 Å². The molecule has 0 aliphatic carbocycles. The molecule has 0 aromatic heterocycles. The van der Waals surface area contributed by atoms with Crippen molar-refractivity contribution in [3.05, 3.63) is 35.4 Å². The zero-order valence-corrected chi connectivity index (χ0v) is 13.1. The van der Waals surface area contributed by atoms with Crippen LogP contribution in [0.15, 0.2) is 29.3 Å². The van der Waals surface area contributed by atoms with Crippen LogP contribution in [-0.4, -0.2) is 31.0 Å². The molecule has 2 atom stereocenters. The predicted molar refractivity (Wildman–Crippen MR) is 85.9 cm³/mol. The predicted octanol–water partition coefficient (Wildman–Crippen LogP) is 2.61. The molecule has 0 amide bonds. The van der Waals surface area contributed by atoms with Gasteiger partial charge in [-0.25, -0.2) is 0 Å². The molecule has 1 aromatic carbocycles. The summed E-state index contributed by atoms with van der Waals surface area (Å²) in [6.45, 7) is 7.41. The molecule has 4 nitrogen and oxygen atoms in total. The quantitative estimate of drug-likeness (QED) is 0.671. The first-order valence-electron chi connectivity index (χ1n) is 7.57. The monoisotopic (exact) mass is 284 g/mol. The van der Waals surface area contributed by atoms with Gasteiger partial charge in [0.1, 0.15) is 0 Å². The number of guanidine groups is 1. The second kappa shape index (κ2) is 7.12. The van der Waals surface area contributed by atoms with E-state index in [9.17, 15) is 0 Å². The van der Waals surface area contributed by atoms with Crippen molar-refractivity contribution in [2.45, 2.75) is 26.8 Å². The van der Waals surface area contributed by atoms with Gasteiger partial charge in [-0.05, 0) is 36.0 Å². The molecule has 0 saturated carbocycles. The van der Waals surface area contributed by atoms with E-state index in [0.717, 1.165) is 24.6 Å². The molecule has 1 aromatic rings. The van der Waals surface area contributed by atoms with Crippen LogP contribution in [0.5, 0.6) is 0 Å². The number of piperidine rings is 1. The van der Waals surface area contributed by atoms with Crippen LogP contribution in [0.3, 0.4) is 0 Å². The van der Waals surface area contributed by atoms with Gasteiger partial charge in [-0.15, -0.1) is 0 Å². The second-order valence-electron chi connectivity index (χ2n) is 6.06. The molecule has 1 heterocycles. The Morgan fingerprint density at radius 1 is 1.38 bits per heavy atom. The Hall–Kier alpha value is -2.02. The van der Waals surface area contributed by atoms with Crippen LogP contribution < -0.4 is 5.32 Å². The van der Waals surface area contributed by atoms with E-state index in [2.05, 4.69) is 35.1 Å². The first kappa shape index (κ1) is 15.4. The van der Waals surface area contributed by atoms with Gasteiger partial charge < -0.3 is 10.2 Å². The van der Waals surface area contributed by atoms with Crippen LogP contribution in [0, 0.1) is 23.2 Å². The van der Waals surface area contributed by atoms with Crippen molar-refractivity contribution >= 4 is 5.96 Å². The molecule has 1 N–H and O–H groups in total. The lowest BCUT2D eigenvalue weighted by molar-refractivity contribution is 0.208. The minimum Gasteiger partial charge on any atom is -0.352 e. The minimum absolute atomic E-state index is 0.696. The number of nitrogens with zero attached hydrogens (tertiary/aromatic N) is 3. The third-order valence-electron chi connectivity index (χ3n) is 3.89. The summed E-state index contributed by atoms with van der Waals surface area (Å²) in [4.78, 5) is 6.74. The summed E-state index contributed by atoms with van der Waals surface area (Å²) in [5, 5.41) is 12.4. The molecule has 0 spiro atoms. The van der Waals surface area contributed by atoms with E-state index in [1.54, 1.807) is 0 Å². The summed E-state index contributed by atoms with van der Waals surface area (Å²) in [5.41, 5.74) is 1.80. The Morgan fingerprint density at radius 3 is 2.71 bits per heavy atom. The molecular weight excluding hydrogens is 260 g/mol. The maximum atomic E-state index is 8.95. The summed E-state index contributed by atoms with van der Waals surface area (Å²) in [6.07, 6.45) is 1.29. The van der Waals surface area contributed by atoms with Crippen LogP contribution in [-0.2, 0) is 6.54 Å². The molecule has 4 heteroatoms. The van der Waals surface area contributed by atoms with Gasteiger partial charge >= 0.3 is 0 Å². The van der Waals surface area contributed by atoms with Crippen molar-refractivity contribution in [1.29, 1.82) is 5.26 Å². The van der Waals surface area contributed by atoms with Crippen LogP contribution in [0.4, 0.5) is 0 Å². The summed E-state index contributed by atoms with van der Waals surface area (Å²) in [7, 11) is 1.83. The Labute approximate surface area is 127 Å². The Balaban J connectivity index is 1.98. The average molecular weight is 284 g/mol. The second-order valence-corrected chi connectivity index (χ2v) is 6.06. The van der Waals surface area contributed by atoms with Crippen molar-refractivity contribution in [3.8, 4) is 6.07 Å². The summed E-state index contributed by atoms with van der Waals surface area (Å²) in [6, 6.07) is 9.87. The van der Waals surface area contributed by atoms with E-state index in [4.69, 9.17) is 5.26 Å². The molecule has 0 radical (unpaired) electrons. The fourth-order valence-corrected chi connectivity index (χ4v) is 3.10. The molecule has 1 saturated heterocycles. The first-order valence-corrected chi connectivity index (χ1v) is 7.57. The molecular formula is C17H24N4. The largest absolute Gasteiger partial charge is 0.352 e. The van der Waals surface area contributed by atoms with Gasteiger partial charge in [0.2, 0.25) is 0 Å². The van der Waals surface area contributed by atoms with Crippen LogP contribution in [0.25, 0.3) is 0 Å². The normalized spacial score (nSPS) is 22.8. The number of hydrogen-bond donors (Lipinski definition) is 1. The highest BCUT2D eigenvalue weighted by molar-refractivity contribution is 5.80. The number of likely N-dealkylation sites (tertiary alicyclic amines) is 1. The highest BCUT2D eigenvalue weighted by Gasteiger charge is 2.23. The average Bonchev–Trinajstić information content (AvgIpc) is 2.47. The highest BCUT2D eigenvalue weighted by Crippen LogP contribution is 2.20. The van der Waals surface area contributed by atoms with E-state index in [0.29, 0.717) is 23.9 Å². The zero-order chi connectivity index (χ0) is 15.2. The van der Waals surface area contributed by atoms with E-state index >= 15 is 0 Å². The standard InChI is InChI=1S/C17H24N4/c1-13-7-14(2)12-21(11-13)17(19-3)20-10-16-6-4-5-15(8-16)9-18/h4-6,8,13-14H,7,10-12H2,1-3H3,(H,19,20). The molecule has 1 fully saturated rings. The topological polar surface area (TPSA) is 51.4 Å². The number of nitriles is 1. The lowest BCUT2D eigenvalue weighted by atomic mass is 9.92. The van der Waals surface area contributed by atoms with Crippen molar-refractivity contribution < 1.29 is 0 Å². The lowest BCUT2D eigenvalue weighted by Gasteiger charge is -2.37. The van der Waals surface area contributed by atoms with Crippen LogP contribution in [0.2, 0.25) is 0 Å². The SMILES string of the molecule is CN=C(NCc1cccc(C#N)c1)N1CC(C)CC(C)C1. The number of nitrogens with one attached hydrogen (secondary N) is 1. The van der Waals surface area contributed by atoms with Crippen molar-refractivity contribution in [2.75, 3.05) is 20.1 Å². The molecule has 1 aliphatic rings. The van der Waals surface area contributed by atoms with E-state index in [-0.39, 0.29) is 0 Å². The highest BCUT2D eigenvalue weighted by atomic mass is 15.3. The smallest absolute Gasteiger partial charge is 0.193 e. The number of aliphatic imine (C=N–C) groups is 1. The lowest BCUT2D eigenvalue weighted by Crippen LogP contribution is -2.48. The van der Waals surface area contributed by atoms with Gasteiger partial charge in [0.25, 0.3) is 0 Å². The van der Waals surface area contributed by atoms with Gasteiger partial charge in [0, 0.05) is 26.7 Å². The van der Waals surface area contributed by atoms with Crippen LogP contribution in [0.1, 0.15) is 31.4 Å². The van der Waals surface area contributed by atoms with Gasteiger partial charge in [0.05, 0.1) is 11.6 Å².